The SMILES string of the molecule is COCCCN(Cc1csc(COc2ccc(C)c(C)c2)n1)C(=O)c1ccccc1C. The van der Waals surface area contributed by atoms with E-state index in [1.54, 1.807) is 18.4 Å². The Balaban J connectivity index is 1.66. The van der Waals surface area contributed by atoms with Crippen LogP contribution in [0, 0.1) is 20.8 Å². The van der Waals surface area contributed by atoms with Crippen molar-refractivity contribution in [3.05, 3.63) is 80.8 Å². The zero-order valence-electron chi connectivity index (χ0n) is 18.7. The number of aromatic nitrogens is 1. The first-order chi connectivity index (χ1) is 15.0. The molecule has 0 aliphatic heterocycles. The lowest BCUT2D eigenvalue weighted by molar-refractivity contribution is 0.0721. The van der Waals surface area contributed by atoms with E-state index in [2.05, 4.69) is 19.9 Å². The highest BCUT2D eigenvalue weighted by Crippen LogP contribution is 2.20. The van der Waals surface area contributed by atoms with Gasteiger partial charge < -0.3 is 14.4 Å². The van der Waals surface area contributed by atoms with E-state index in [1.807, 2.05) is 53.6 Å². The minimum Gasteiger partial charge on any atom is -0.486 e. The summed E-state index contributed by atoms with van der Waals surface area (Å²) in [5, 5.41) is 2.90. The van der Waals surface area contributed by atoms with E-state index in [9.17, 15) is 4.79 Å². The van der Waals surface area contributed by atoms with Crippen LogP contribution < -0.4 is 4.74 Å². The summed E-state index contributed by atoms with van der Waals surface area (Å²) >= 11 is 1.56. The van der Waals surface area contributed by atoms with Gasteiger partial charge in [0.25, 0.3) is 5.91 Å². The molecular weight excluding hydrogens is 408 g/mol. The molecule has 2 aromatic carbocycles. The summed E-state index contributed by atoms with van der Waals surface area (Å²) < 4.78 is 11.1. The molecule has 164 valence electrons. The van der Waals surface area contributed by atoms with Gasteiger partial charge in [-0.1, -0.05) is 24.3 Å². The minimum atomic E-state index is 0.0233. The minimum absolute atomic E-state index is 0.0233. The highest BCUT2D eigenvalue weighted by Gasteiger charge is 2.19. The Labute approximate surface area is 188 Å². The van der Waals surface area contributed by atoms with Crippen molar-refractivity contribution in [2.24, 2.45) is 0 Å². The summed E-state index contributed by atoms with van der Waals surface area (Å²) in [5.74, 6) is 0.867. The number of carbonyl (C=O) groups excluding carboxylic acids is 1. The summed E-state index contributed by atoms with van der Waals surface area (Å²) in [4.78, 5) is 19.7. The fourth-order valence-corrected chi connectivity index (χ4v) is 3.96. The number of amides is 1. The number of hydrogen-bond donors (Lipinski definition) is 0. The van der Waals surface area contributed by atoms with Gasteiger partial charge in [-0.25, -0.2) is 4.98 Å². The molecule has 1 amide bonds. The molecule has 0 radical (unpaired) electrons. The van der Waals surface area contributed by atoms with E-state index in [-0.39, 0.29) is 5.91 Å². The zero-order chi connectivity index (χ0) is 22.2. The molecule has 0 bridgehead atoms. The third-order valence-corrected chi connectivity index (χ3v) is 6.10. The van der Waals surface area contributed by atoms with Gasteiger partial charge >= 0.3 is 0 Å². The van der Waals surface area contributed by atoms with Crippen LogP contribution in [0.5, 0.6) is 5.75 Å². The van der Waals surface area contributed by atoms with Crippen LogP contribution in [0.2, 0.25) is 0 Å². The average Bonchev–Trinajstić information content (AvgIpc) is 3.21. The summed E-state index contributed by atoms with van der Waals surface area (Å²) in [6.45, 7) is 8.25. The van der Waals surface area contributed by atoms with Gasteiger partial charge in [0.15, 0.2) is 0 Å². The molecule has 0 aliphatic rings. The molecule has 0 fully saturated rings. The van der Waals surface area contributed by atoms with Gasteiger partial charge in [0.2, 0.25) is 0 Å². The molecule has 0 saturated heterocycles. The first kappa shape index (κ1) is 23.0. The quantitative estimate of drug-likeness (QED) is 0.402. The summed E-state index contributed by atoms with van der Waals surface area (Å²) in [7, 11) is 1.68. The maximum absolute atomic E-state index is 13.2. The average molecular weight is 439 g/mol. The third kappa shape index (κ3) is 6.39. The van der Waals surface area contributed by atoms with Gasteiger partial charge in [-0.3, -0.25) is 4.79 Å². The van der Waals surface area contributed by atoms with Gasteiger partial charge in [0.05, 0.1) is 12.2 Å². The maximum Gasteiger partial charge on any atom is 0.254 e. The number of ether oxygens (including phenoxy) is 2. The van der Waals surface area contributed by atoms with Crippen molar-refractivity contribution >= 4 is 17.2 Å². The second kappa shape index (κ2) is 11.1. The second-order valence-electron chi connectivity index (χ2n) is 7.66. The van der Waals surface area contributed by atoms with Crippen molar-refractivity contribution in [2.75, 3.05) is 20.3 Å². The van der Waals surface area contributed by atoms with Crippen molar-refractivity contribution in [3.8, 4) is 5.75 Å². The van der Waals surface area contributed by atoms with Crippen LogP contribution in [-0.2, 0) is 17.9 Å². The number of benzene rings is 2. The first-order valence-electron chi connectivity index (χ1n) is 10.4. The summed E-state index contributed by atoms with van der Waals surface area (Å²) in [6, 6.07) is 13.8. The van der Waals surface area contributed by atoms with E-state index < -0.39 is 0 Å². The van der Waals surface area contributed by atoms with Gasteiger partial charge in [0.1, 0.15) is 17.4 Å². The van der Waals surface area contributed by atoms with Gasteiger partial charge in [0, 0.05) is 31.2 Å². The predicted molar refractivity (Wildman–Crippen MR) is 125 cm³/mol. The third-order valence-electron chi connectivity index (χ3n) is 5.23. The van der Waals surface area contributed by atoms with Crippen LogP contribution in [0.4, 0.5) is 0 Å². The lowest BCUT2D eigenvalue weighted by Gasteiger charge is -2.22. The largest absolute Gasteiger partial charge is 0.486 e. The van der Waals surface area contributed by atoms with E-state index in [0.29, 0.717) is 26.3 Å². The summed E-state index contributed by atoms with van der Waals surface area (Å²) in [5.41, 5.74) is 5.04. The van der Waals surface area contributed by atoms with E-state index in [4.69, 9.17) is 14.5 Å². The zero-order valence-corrected chi connectivity index (χ0v) is 19.5. The van der Waals surface area contributed by atoms with Crippen molar-refractivity contribution in [3.63, 3.8) is 0 Å². The Kier molecular flexibility index (Phi) is 8.20. The van der Waals surface area contributed by atoms with Crippen LogP contribution in [0.1, 0.15) is 44.2 Å². The van der Waals surface area contributed by atoms with Crippen LogP contribution >= 0.6 is 11.3 Å². The molecule has 3 rings (SSSR count). The van der Waals surface area contributed by atoms with Crippen LogP contribution in [0.25, 0.3) is 0 Å². The number of methoxy groups -OCH3 is 1. The monoisotopic (exact) mass is 438 g/mol. The molecule has 0 N–H and O–H groups in total. The molecule has 0 spiro atoms. The van der Waals surface area contributed by atoms with Crippen LogP contribution in [0.3, 0.4) is 0 Å². The van der Waals surface area contributed by atoms with Crippen LogP contribution in [-0.4, -0.2) is 36.1 Å². The lowest BCUT2D eigenvalue weighted by atomic mass is 10.1. The van der Waals surface area contributed by atoms with Gasteiger partial charge in [-0.15, -0.1) is 11.3 Å². The highest BCUT2D eigenvalue weighted by molar-refractivity contribution is 7.09. The molecule has 1 heterocycles. The molecule has 3 aromatic rings. The molecule has 6 heteroatoms. The smallest absolute Gasteiger partial charge is 0.254 e. The molecule has 0 aliphatic carbocycles. The molecular formula is C25H30N2O3S. The molecule has 5 nitrogen and oxygen atoms in total. The van der Waals surface area contributed by atoms with Gasteiger partial charge in [-0.2, -0.15) is 0 Å². The first-order valence-corrected chi connectivity index (χ1v) is 11.3. The number of aryl methyl sites for hydroxylation is 3. The fraction of sp³-hybridized carbons (Fsp3) is 0.360. The molecule has 0 saturated carbocycles. The highest BCUT2D eigenvalue weighted by atomic mass is 32.1. The van der Waals surface area contributed by atoms with Crippen molar-refractivity contribution in [1.82, 2.24) is 9.88 Å². The number of rotatable bonds is 10. The standard InChI is InChI=1S/C25H30N2O3S/c1-18-10-11-22(14-20(18)3)30-16-24-26-21(17-31-24)15-27(12-7-13-29-4)25(28)23-9-6-5-8-19(23)2/h5-6,8-11,14,17H,7,12-13,15-16H2,1-4H3. The fourth-order valence-electron chi connectivity index (χ4n) is 3.27. The molecule has 0 atom stereocenters. The predicted octanol–water partition coefficient (Wildman–Crippen LogP) is 5.33. The van der Waals surface area contributed by atoms with Crippen molar-refractivity contribution in [1.29, 1.82) is 0 Å². The van der Waals surface area contributed by atoms with Gasteiger partial charge in [-0.05, 0) is 62.1 Å². The lowest BCUT2D eigenvalue weighted by Crippen LogP contribution is -2.32. The number of hydrogen-bond acceptors (Lipinski definition) is 5. The number of carbonyl (C=O) groups is 1. The number of thiazole rings is 1. The molecule has 0 unspecified atom stereocenters. The van der Waals surface area contributed by atoms with E-state index in [1.165, 1.54) is 11.1 Å². The maximum atomic E-state index is 13.2. The van der Waals surface area contributed by atoms with Crippen LogP contribution in [0.15, 0.2) is 47.8 Å². The van der Waals surface area contributed by atoms with Crippen molar-refractivity contribution < 1.29 is 14.3 Å². The Morgan fingerprint density at radius 3 is 2.61 bits per heavy atom. The second-order valence-corrected chi connectivity index (χ2v) is 8.60. The Hall–Kier alpha value is -2.70. The summed E-state index contributed by atoms with van der Waals surface area (Å²) in [6.07, 6.45) is 0.779. The Bertz CT molecular complexity index is 1020. The Morgan fingerprint density at radius 2 is 1.87 bits per heavy atom. The molecule has 31 heavy (non-hydrogen) atoms. The normalized spacial score (nSPS) is 10.8. The Morgan fingerprint density at radius 1 is 1.06 bits per heavy atom. The molecule has 1 aromatic heterocycles. The van der Waals surface area contributed by atoms with Crippen molar-refractivity contribution in [2.45, 2.75) is 40.3 Å². The number of nitrogens with zero attached hydrogens (tertiary/aromatic N) is 2. The van der Waals surface area contributed by atoms with E-state index >= 15 is 0 Å². The van der Waals surface area contributed by atoms with E-state index in [0.717, 1.165) is 34.0 Å². The topological polar surface area (TPSA) is 51.7 Å².